The summed E-state index contributed by atoms with van der Waals surface area (Å²) in [7, 11) is 1.69. The number of ether oxygens (including phenoxy) is 1. The Kier molecular flexibility index (Phi) is 3.75. The van der Waals surface area contributed by atoms with E-state index in [9.17, 15) is 5.11 Å². The van der Waals surface area contributed by atoms with E-state index < -0.39 is 0 Å². The Labute approximate surface area is 91.9 Å². The average molecular weight is 208 g/mol. The first-order valence-corrected chi connectivity index (χ1v) is 5.23. The summed E-state index contributed by atoms with van der Waals surface area (Å²) in [4.78, 5) is 0. The van der Waals surface area contributed by atoms with Gasteiger partial charge in [-0.25, -0.2) is 0 Å². The molecule has 0 saturated carbocycles. The molecule has 0 aliphatic carbocycles. The summed E-state index contributed by atoms with van der Waals surface area (Å²) in [5.41, 5.74) is 2.21. The summed E-state index contributed by atoms with van der Waals surface area (Å²) in [5.74, 6) is 0.944. The standard InChI is InChI=1S/C13H20O2/c1-10-6-5-7-11(12(10)15-4)8-13(2,3)9-14/h5-7,14H,8-9H2,1-4H3. The first-order chi connectivity index (χ1) is 7.00. The van der Waals surface area contributed by atoms with E-state index >= 15 is 0 Å². The van der Waals surface area contributed by atoms with E-state index in [-0.39, 0.29) is 12.0 Å². The second-order valence-corrected chi connectivity index (χ2v) is 4.77. The molecule has 2 nitrogen and oxygen atoms in total. The maximum atomic E-state index is 9.25. The molecule has 1 aromatic carbocycles. The van der Waals surface area contributed by atoms with Crippen molar-refractivity contribution in [3.63, 3.8) is 0 Å². The maximum Gasteiger partial charge on any atom is 0.124 e. The van der Waals surface area contributed by atoms with Crippen molar-refractivity contribution in [1.29, 1.82) is 0 Å². The third kappa shape index (κ3) is 2.96. The van der Waals surface area contributed by atoms with Gasteiger partial charge in [0.2, 0.25) is 0 Å². The number of aryl methyl sites for hydroxylation is 1. The molecule has 0 aliphatic rings. The van der Waals surface area contributed by atoms with Crippen LogP contribution in [0.15, 0.2) is 18.2 Å². The molecule has 0 spiro atoms. The van der Waals surface area contributed by atoms with Crippen molar-refractivity contribution in [2.45, 2.75) is 27.2 Å². The van der Waals surface area contributed by atoms with Crippen LogP contribution in [0.3, 0.4) is 0 Å². The molecule has 0 fully saturated rings. The van der Waals surface area contributed by atoms with Crippen LogP contribution in [0.5, 0.6) is 5.75 Å². The van der Waals surface area contributed by atoms with Gasteiger partial charge >= 0.3 is 0 Å². The van der Waals surface area contributed by atoms with Gasteiger partial charge in [0.1, 0.15) is 5.75 Å². The van der Waals surface area contributed by atoms with Crippen molar-refractivity contribution in [3.05, 3.63) is 29.3 Å². The Morgan fingerprint density at radius 2 is 2.00 bits per heavy atom. The van der Waals surface area contributed by atoms with Crippen LogP contribution in [0.25, 0.3) is 0 Å². The second-order valence-electron chi connectivity index (χ2n) is 4.77. The number of aliphatic hydroxyl groups excluding tert-OH is 1. The van der Waals surface area contributed by atoms with Crippen LogP contribution >= 0.6 is 0 Å². The highest BCUT2D eigenvalue weighted by Gasteiger charge is 2.19. The van der Waals surface area contributed by atoms with Gasteiger partial charge in [0, 0.05) is 6.61 Å². The topological polar surface area (TPSA) is 29.5 Å². The van der Waals surface area contributed by atoms with Crippen molar-refractivity contribution in [1.82, 2.24) is 0 Å². The van der Waals surface area contributed by atoms with Crippen molar-refractivity contribution >= 4 is 0 Å². The largest absolute Gasteiger partial charge is 0.496 e. The molecule has 1 rings (SSSR count). The monoisotopic (exact) mass is 208 g/mol. The Bertz CT molecular complexity index is 329. The van der Waals surface area contributed by atoms with Gasteiger partial charge in [-0.1, -0.05) is 32.0 Å². The average Bonchev–Trinajstić information content (AvgIpc) is 2.18. The molecule has 2 heteroatoms. The van der Waals surface area contributed by atoms with E-state index in [4.69, 9.17) is 4.74 Å². The molecule has 0 aliphatic heterocycles. The molecule has 0 atom stereocenters. The molecule has 0 amide bonds. The fraction of sp³-hybridized carbons (Fsp3) is 0.538. The molecule has 0 aromatic heterocycles. The number of hydrogen-bond donors (Lipinski definition) is 1. The lowest BCUT2D eigenvalue weighted by Gasteiger charge is -2.23. The van der Waals surface area contributed by atoms with Crippen LogP contribution in [0.4, 0.5) is 0 Å². The number of methoxy groups -OCH3 is 1. The van der Waals surface area contributed by atoms with Gasteiger partial charge in [0.25, 0.3) is 0 Å². The summed E-state index contributed by atoms with van der Waals surface area (Å²) in [6.07, 6.45) is 0.828. The van der Waals surface area contributed by atoms with Gasteiger partial charge in [-0.15, -0.1) is 0 Å². The molecule has 0 radical (unpaired) electrons. The van der Waals surface area contributed by atoms with Crippen LogP contribution in [0, 0.1) is 12.3 Å². The first-order valence-electron chi connectivity index (χ1n) is 5.23. The number of benzene rings is 1. The summed E-state index contributed by atoms with van der Waals surface area (Å²) in [6, 6.07) is 6.12. The zero-order chi connectivity index (χ0) is 11.5. The van der Waals surface area contributed by atoms with E-state index in [1.165, 1.54) is 0 Å². The third-order valence-corrected chi connectivity index (χ3v) is 2.59. The maximum absolute atomic E-state index is 9.25. The fourth-order valence-corrected chi connectivity index (χ4v) is 1.72. The molecular weight excluding hydrogens is 188 g/mol. The Balaban J connectivity index is 2.99. The number of hydrogen-bond acceptors (Lipinski definition) is 2. The second kappa shape index (κ2) is 4.67. The van der Waals surface area contributed by atoms with Gasteiger partial charge in [-0.3, -0.25) is 0 Å². The summed E-state index contributed by atoms with van der Waals surface area (Å²) in [6.45, 7) is 6.32. The molecule has 1 N–H and O–H groups in total. The molecule has 0 unspecified atom stereocenters. The van der Waals surface area contributed by atoms with E-state index in [1.54, 1.807) is 7.11 Å². The van der Waals surface area contributed by atoms with Crippen molar-refractivity contribution in [2.75, 3.05) is 13.7 Å². The number of aliphatic hydroxyl groups is 1. The zero-order valence-electron chi connectivity index (χ0n) is 10.0. The highest BCUT2D eigenvalue weighted by Crippen LogP contribution is 2.29. The Morgan fingerprint density at radius 1 is 1.33 bits per heavy atom. The van der Waals surface area contributed by atoms with Gasteiger partial charge in [-0.2, -0.15) is 0 Å². The molecule has 84 valence electrons. The van der Waals surface area contributed by atoms with Crippen LogP contribution in [0.1, 0.15) is 25.0 Å². The highest BCUT2D eigenvalue weighted by atomic mass is 16.5. The lowest BCUT2D eigenvalue weighted by molar-refractivity contribution is 0.159. The van der Waals surface area contributed by atoms with Gasteiger partial charge in [0.15, 0.2) is 0 Å². The Hall–Kier alpha value is -1.02. The zero-order valence-corrected chi connectivity index (χ0v) is 10.0. The quantitative estimate of drug-likeness (QED) is 0.824. The number of rotatable bonds is 4. The molecule has 0 saturated heterocycles. The van der Waals surface area contributed by atoms with Gasteiger partial charge < -0.3 is 9.84 Å². The smallest absolute Gasteiger partial charge is 0.124 e. The molecule has 15 heavy (non-hydrogen) atoms. The molecular formula is C13H20O2. The fourth-order valence-electron chi connectivity index (χ4n) is 1.72. The van der Waals surface area contributed by atoms with Crippen LogP contribution in [0.2, 0.25) is 0 Å². The third-order valence-electron chi connectivity index (χ3n) is 2.59. The Morgan fingerprint density at radius 3 is 2.53 bits per heavy atom. The minimum absolute atomic E-state index is 0.0962. The van der Waals surface area contributed by atoms with Crippen molar-refractivity contribution in [3.8, 4) is 5.75 Å². The van der Waals surface area contributed by atoms with E-state index in [1.807, 2.05) is 19.1 Å². The summed E-state index contributed by atoms with van der Waals surface area (Å²) in [5, 5.41) is 9.25. The summed E-state index contributed by atoms with van der Waals surface area (Å²) >= 11 is 0. The van der Waals surface area contributed by atoms with Crippen molar-refractivity contribution < 1.29 is 9.84 Å². The minimum atomic E-state index is -0.0962. The number of para-hydroxylation sites is 1. The molecule has 0 bridgehead atoms. The van der Waals surface area contributed by atoms with Crippen LogP contribution < -0.4 is 4.74 Å². The minimum Gasteiger partial charge on any atom is -0.496 e. The summed E-state index contributed by atoms with van der Waals surface area (Å²) < 4.78 is 5.38. The lowest BCUT2D eigenvalue weighted by Crippen LogP contribution is -2.20. The molecule has 0 heterocycles. The first kappa shape index (κ1) is 12.1. The predicted molar refractivity (Wildman–Crippen MR) is 62.3 cm³/mol. The van der Waals surface area contributed by atoms with E-state index in [0.717, 1.165) is 23.3 Å². The van der Waals surface area contributed by atoms with Gasteiger partial charge in [0.05, 0.1) is 7.11 Å². The normalized spacial score (nSPS) is 11.5. The van der Waals surface area contributed by atoms with Crippen LogP contribution in [-0.4, -0.2) is 18.8 Å². The predicted octanol–water partition coefficient (Wildman–Crippen LogP) is 2.56. The van der Waals surface area contributed by atoms with Crippen LogP contribution in [-0.2, 0) is 6.42 Å². The highest BCUT2D eigenvalue weighted by molar-refractivity contribution is 5.41. The van der Waals surface area contributed by atoms with E-state index in [2.05, 4.69) is 19.9 Å². The SMILES string of the molecule is COc1c(C)cccc1CC(C)(C)CO. The van der Waals surface area contributed by atoms with E-state index in [0.29, 0.717) is 0 Å². The lowest BCUT2D eigenvalue weighted by atomic mass is 9.86. The van der Waals surface area contributed by atoms with Gasteiger partial charge in [-0.05, 0) is 29.9 Å². The van der Waals surface area contributed by atoms with Crippen molar-refractivity contribution in [2.24, 2.45) is 5.41 Å². The molecule has 1 aromatic rings.